The van der Waals surface area contributed by atoms with Gasteiger partial charge in [-0.05, 0) is 29.7 Å². The summed E-state index contributed by atoms with van der Waals surface area (Å²) in [6.07, 6.45) is 0.465. The minimum Gasteiger partial charge on any atom is -0.481 e. The maximum absolute atomic E-state index is 12.8. The molecule has 0 saturated carbocycles. The number of likely N-dealkylation sites (tertiary alicyclic amines) is 1. The van der Waals surface area contributed by atoms with E-state index in [1.807, 2.05) is 30.3 Å². The highest BCUT2D eigenvalue weighted by atomic mass is 16.5. The average Bonchev–Trinajstić information content (AvgIpc) is 2.65. The molecule has 1 aliphatic rings. The van der Waals surface area contributed by atoms with E-state index in [0.29, 0.717) is 19.0 Å². The Bertz CT molecular complexity index is 676. The molecule has 1 aliphatic heterocycles. The van der Waals surface area contributed by atoms with Gasteiger partial charge in [-0.15, -0.1) is 0 Å². The lowest BCUT2D eigenvalue weighted by Crippen LogP contribution is -2.52. The molecule has 2 rings (SSSR count). The molecule has 0 spiro atoms. The van der Waals surface area contributed by atoms with Gasteiger partial charge in [-0.1, -0.05) is 51.1 Å². The van der Waals surface area contributed by atoms with Crippen molar-refractivity contribution in [2.75, 3.05) is 13.1 Å². The summed E-state index contributed by atoms with van der Waals surface area (Å²) in [7, 11) is 0. The highest BCUT2D eigenvalue weighted by Gasteiger charge is 2.34. The van der Waals surface area contributed by atoms with Gasteiger partial charge in [-0.3, -0.25) is 9.59 Å². The average molecular weight is 390 g/mol. The molecule has 0 aliphatic carbocycles. The maximum Gasteiger partial charge on any atom is 0.408 e. The molecule has 1 unspecified atom stereocenters. The number of nitrogens with zero attached hydrogens (tertiary/aromatic N) is 1. The topological polar surface area (TPSA) is 95.9 Å². The fraction of sp³-hybridized carbons (Fsp3) is 0.571. The molecule has 1 saturated heterocycles. The molecular weight excluding hydrogens is 360 g/mol. The molecule has 2 amide bonds. The number of amides is 2. The molecule has 1 fully saturated rings. The van der Waals surface area contributed by atoms with Gasteiger partial charge in [0.1, 0.15) is 12.6 Å². The molecule has 0 bridgehead atoms. The number of rotatable bonds is 6. The lowest BCUT2D eigenvalue weighted by molar-refractivity contribution is -0.143. The Kier molecular flexibility index (Phi) is 7.43. The molecule has 0 radical (unpaired) electrons. The van der Waals surface area contributed by atoms with Gasteiger partial charge < -0.3 is 20.1 Å². The number of hydrogen-bond acceptors (Lipinski definition) is 4. The zero-order valence-corrected chi connectivity index (χ0v) is 16.8. The molecular formula is C21H30N2O5. The van der Waals surface area contributed by atoms with Gasteiger partial charge >= 0.3 is 12.1 Å². The van der Waals surface area contributed by atoms with Crippen molar-refractivity contribution in [3.8, 4) is 0 Å². The lowest BCUT2D eigenvalue weighted by Gasteiger charge is -2.39. The molecule has 28 heavy (non-hydrogen) atoms. The van der Waals surface area contributed by atoms with Crippen molar-refractivity contribution in [2.24, 2.45) is 11.3 Å². The second kappa shape index (κ2) is 9.57. The van der Waals surface area contributed by atoms with Crippen LogP contribution in [0.25, 0.3) is 0 Å². The second-order valence-electron chi connectivity index (χ2n) is 8.32. The summed E-state index contributed by atoms with van der Waals surface area (Å²) in [5.74, 6) is -1.00. The van der Waals surface area contributed by atoms with Crippen molar-refractivity contribution < 1.29 is 24.2 Å². The molecule has 2 N–H and O–H groups in total. The van der Waals surface area contributed by atoms with Crippen LogP contribution in [-0.2, 0) is 20.9 Å². The summed E-state index contributed by atoms with van der Waals surface area (Å²) in [5, 5.41) is 11.6. The van der Waals surface area contributed by atoms with Crippen LogP contribution in [0.2, 0.25) is 0 Å². The van der Waals surface area contributed by atoms with E-state index in [1.54, 1.807) is 4.90 Å². The van der Waals surface area contributed by atoms with Crippen LogP contribution < -0.4 is 5.32 Å². The third kappa shape index (κ3) is 6.55. The van der Waals surface area contributed by atoms with E-state index in [0.717, 1.165) is 18.4 Å². The Balaban J connectivity index is 1.92. The third-order valence-electron chi connectivity index (χ3n) is 5.21. The molecule has 1 aromatic rings. The van der Waals surface area contributed by atoms with E-state index >= 15 is 0 Å². The van der Waals surface area contributed by atoms with Crippen molar-refractivity contribution in [2.45, 2.75) is 52.7 Å². The first-order valence-electron chi connectivity index (χ1n) is 9.64. The van der Waals surface area contributed by atoms with Crippen LogP contribution in [0.15, 0.2) is 30.3 Å². The number of alkyl carbamates (subject to hydrolysis) is 1. The van der Waals surface area contributed by atoms with Gasteiger partial charge in [0.2, 0.25) is 5.91 Å². The monoisotopic (exact) mass is 390 g/mol. The van der Waals surface area contributed by atoms with E-state index in [9.17, 15) is 14.4 Å². The quantitative estimate of drug-likeness (QED) is 0.778. The number of carbonyl (C=O) groups excluding carboxylic acids is 2. The van der Waals surface area contributed by atoms with E-state index in [2.05, 4.69) is 26.1 Å². The highest BCUT2D eigenvalue weighted by Crippen LogP contribution is 2.34. The van der Waals surface area contributed by atoms with Crippen LogP contribution in [0.5, 0.6) is 0 Å². The molecule has 1 aromatic carbocycles. The Hall–Kier alpha value is -2.57. The Morgan fingerprint density at radius 1 is 1.18 bits per heavy atom. The molecule has 7 heteroatoms. The number of ether oxygens (including phenoxy) is 1. The summed E-state index contributed by atoms with van der Waals surface area (Å²) in [4.78, 5) is 37.7. The SMILES string of the molecule is CC(C)(C)C1CCN(C(=O)C(CC(=O)O)NC(=O)OCc2ccccc2)CC1. The largest absolute Gasteiger partial charge is 0.481 e. The molecule has 1 atom stereocenters. The summed E-state index contributed by atoms with van der Waals surface area (Å²) in [6.45, 7) is 7.75. The van der Waals surface area contributed by atoms with E-state index in [1.165, 1.54) is 0 Å². The highest BCUT2D eigenvalue weighted by molar-refractivity contribution is 5.89. The standard InChI is InChI=1S/C21H30N2O5/c1-21(2,3)16-9-11-23(12-10-16)19(26)17(13-18(24)25)22-20(27)28-14-15-7-5-4-6-8-15/h4-8,16-17H,9-14H2,1-3H3,(H,22,27)(H,24,25). The number of nitrogens with one attached hydrogen (secondary N) is 1. The minimum atomic E-state index is -1.15. The first-order chi connectivity index (χ1) is 13.2. The van der Waals surface area contributed by atoms with Crippen molar-refractivity contribution in [3.63, 3.8) is 0 Å². The van der Waals surface area contributed by atoms with Crippen LogP contribution >= 0.6 is 0 Å². The fourth-order valence-corrected chi connectivity index (χ4v) is 3.47. The summed E-state index contributed by atoms with van der Waals surface area (Å²) in [6, 6.07) is 8.00. The minimum absolute atomic E-state index is 0.0532. The number of hydrogen-bond donors (Lipinski definition) is 2. The maximum atomic E-state index is 12.8. The number of carboxylic acid groups (broad SMARTS) is 1. The Morgan fingerprint density at radius 2 is 1.79 bits per heavy atom. The predicted molar refractivity (Wildman–Crippen MR) is 105 cm³/mol. The van der Waals surface area contributed by atoms with Crippen molar-refractivity contribution in [3.05, 3.63) is 35.9 Å². The van der Waals surface area contributed by atoms with Gasteiger partial charge in [0, 0.05) is 13.1 Å². The summed E-state index contributed by atoms with van der Waals surface area (Å²) in [5.41, 5.74) is 0.984. The van der Waals surface area contributed by atoms with Crippen LogP contribution in [0.4, 0.5) is 4.79 Å². The van der Waals surface area contributed by atoms with E-state index in [4.69, 9.17) is 9.84 Å². The number of carboxylic acids is 1. The smallest absolute Gasteiger partial charge is 0.408 e. The van der Waals surface area contributed by atoms with Crippen molar-refractivity contribution >= 4 is 18.0 Å². The molecule has 154 valence electrons. The van der Waals surface area contributed by atoms with Crippen molar-refractivity contribution in [1.82, 2.24) is 10.2 Å². The number of aliphatic carboxylic acids is 1. The normalized spacial score (nSPS) is 16.3. The van der Waals surface area contributed by atoms with Gasteiger partial charge in [0.25, 0.3) is 0 Å². The number of benzene rings is 1. The van der Waals surface area contributed by atoms with Crippen LogP contribution in [-0.4, -0.2) is 47.1 Å². The molecule has 1 heterocycles. The number of carbonyl (C=O) groups is 3. The molecule has 0 aromatic heterocycles. The van der Waals surface area contributed by atoms with Gasteiger partial charge in [0.15, 0.2) is 0 Å². The van der Waals surface area contributed by atoms with Crippen LogP contribution in [0.1, 0.15) is 45.6 Å². The lowest BCUT2D eigenvalue weighted by atomic mass is 9.75. The zero-order chi connectivity index (χ0) is 20.7. The second-order valence-corrected chi connectivity index (χ2v) is 8.32. The van der Waals surface area contributed by atoms with Crippen LogP contribution in [0.3, 0.4) is 0 Å². The fourth-order valence-electron chi connectivity index (χ4n) is 3.47. The summed E-state index contributed by atoms with van der Waals surface area (Å²) < 4.78 is 5.13. The summed E-state index contributed by atoms with van der Waals surface area (Å²) >= 11 is 0. The van der Waals surface area contributed by atoms with E-state index in [-0.39, 0.29) is 17.9 Å². The zero-order valence-electron chi connectivity index (χ0n) is 16.8. The molecule has 7 nitrogen and oxygen atoms in total. The van der Waals surface area contributed by atoms with Crippen LogP contribution in [0, 0.1) is 11.3 Å². The Morgan fingerprint density at radius 3 is 2.32 bits per heavy atom. The predicted octanol–water partition coefficient (Wildman–Crippen LogP) is 3.04. The first kappa shape index (κ1) is 21.7. The van der Waals surface area contributed by atoms with Gasteiger partial charge in [-0.2, -0.15) is 0 Å². The number of piperidine rings is 1. The Labute approximate surface area is 166 Å². The van der Waals surface area contributed by atoms with Gasteiger partial charge in [-0.25, -0.2) is 4.79 Å². The van der Waals surface area contributed by atoms with Gasteiger partial charge in [0.05, 0.1) is 6.42 Å². The third-order valence-corrected chi connectivity index (χ3v) is 5.21. The first-order valence-corrected chi connectivity index (χ1v) is 9.64. The van der Waals surface area contributed by atoms with E-state index < -0.39 is 24.5 Å². The van der Waals surface area contributed by atoms with Crippen molar-refractivity contribution in [1.29, 1.82) is 0 Å².